The van der Waals surface area contributed by atoms with E-state index in [0.29, 0.717) is 0 Å². The predicted molar refractivity (Wildman–Crippen MR) is 114 cm³/mol. The van der Waals surface area contributed by atoms with Gasteiger partial charge in [0, 0.05) is 37.4 Å². The molecule has 1 aromatic carbocycles. The third-order valence-electron chi connectivity index (χ3n) is 5.35. The minimum absolute atomic E-state index is 0.746. The molecule has 0 saturated carbocycles. The van der Waals surface area contributed by atoms with Crippen molar-refractivity contribution in [2.75, 3.05) is 30.8 Å². The highest BCUT2D eigenvalue weighted by molar-refractivity contribution is 7.96. The van der Waals surface area contributed by atoms with Crippen LogP contribution in [0, 0.1) is 12.8 Å². The Balaban J connectivity index is 1.66. The Labute approximate surface area is 164 Å². The molecule has 140 valence electrons. The molecular weight excluding hydrogens is 354 g/mol. The summed E-state index contributed by atoms with van der Waals surface area (Å²) in [5, 5.41) is 1.14. The molecule has 1 N–H and O–H groups in total. The second-order valence-corrected chi connectivity index (χ2v) is 7.80. The zero-order chi connectivity index (χ0) is 18.6. The smallest absolute Gasteiger partial charge is 0.139 e. The first-order chi connectivity index (χ1) is 13.3. The number of hydrogen-bond acceptors (Lipinski definition) is 6. The molecule has 1 aliphatic heterocycles. The molecule has 5 nitrogen and oxygen atoms in total. The van der Waals surface area contributed by atoms with Crippen molar-refractivity contribution >= 4 is 28.7 Å². The van der Waals surface area contributed by atoms with Crippen LogP contribution in [0.15, 0.2) is 43.0 Å². The van der Waals surface area contributed by atoms with E-state index in [1.54, 1.807) is 18.3 Å². The summed E-state index contributed by atoms with van der Waals surface area (Å²) in [5.74, 6) is 1.81. The quantitative estimate of drug-likeness (QED) is 0.674. The summed E-state index contributed by atoms with van der Waals surface area (Å²) >= 11 is 1.71. The van der Waals surface area contributed by atoms with Crippen LogP contribution in [0.4, 0.5) is 5.82 Å². The van der Waals surface area contributed by atoms with Crippen molar-refractivity contribution in [3.63, 3.8) is 0 Å². The Morgan fingerprint density at radius 1 is 1.11 bits per heavy atom. The van der Waals surface area contributed by atoms with Crippen molar-refractivity contribution in [3.05, 3.63) is 48.5 Å². The second kappa shape index (κ2) is 8.23. The minimum atomic E-state index is 0.746. The van der Waals surface area contributed by atoms with E-state index < -0.39 is 0 Å². The number of benzene rings is 1. The van der Waals surface area contributed by atoms with Crippen LogP contribution >= 0.6 is 11.9 Å². The van der Waals surface area contributed by atoms with Crippen molar-refractivity contribution in [2.45, 2.75) is 19.8 Å². The van der Waals surface area contributed by atoms with Gasteiger partial charge in [-0.2, -0.15) is 0 Å². The van der Waals surface area contributed by atoms with Crippen LogP contribution < -0.4 is 9.62 Å². The van der Waals surface area contributed by atoms with E-state index in [1.807, 2.05) is 24.5 Å². The van der Waals surface area contributed by atoms with Crippen LogP contribution in [-0.2, 0) is 0 Å². The zero-order valence-electron chi connectivity index (χ0n) is 15.9. The number of aromatic nitrogens is 3. The summed E-state index contributed by atoms with van der Waals surface area (Å²) in [7, 11) is 0. The topological polar surface area (TPSA) is 53.9 Å². The molecule has 0 atom stereocenters. The fourth-order valence-corrected chi connectivity index (χ4v) is 4.25. The molecule has 0 bridgehead atoms. The van der Waals surface area contributed by atoms with Gasteiger partial charge in [-0.05, 0) is 72.9 Å². The summed E-state index contributed by atoms with van der Waals surface area (Å²) in [6, 6.07) is 8.53. The van der Waals surface area contributed by atoms with Gasteiger partial charge < -0.3 is 4.90 Å². The average molecular weight is 380 g/mol. The summed E-state index contributed by atoms with van der Waals surface area (Å²) in [6.45, 7) is 5.31. The molecule has 1 aliphatic rings. The Hall–Kier alpha value is -2.18. The number of rotatable bonds is 5. The fraction of sp³-hybridized carbons (Fsp3) is 0.381. The van der Waals surface area contributed by atoms with Crippen molar-refractivity contribution < 1.29 is 0 Å². The van der Waals surface area contributed by atoms with Crippen molar-refractivity contribution in [2.24, 2.45) is 5.92 Å². The summed E-state index contributed by atoms with van der Waals surface area (Å²) in [6.07, 6.45) is 9.86. The number of anilines is 1. The van der Waals surface area contributed by atoms with E-state index in [-0.39, 0.29) is 0 Å². The standard InChI is InChI=1S/C21H25N5S/c1-15-11-18(17-3-7-22-8-4-17)12-19-20(15)23-14-24-21(19)26-9-5-16(6-10-26)13-25-27-2/h3-4,7-8,11-12,14,16,25H,5-6,9-10,13H2,1-2H3. The number of nitrogens with zero attached hydrogens (tertiary/aromatic N) is 4. The SMILES string of the molecule is CSNCC1CCN(c2ncnc3c(C)cc(-c4ccncc4)cc23)CC1. The predicted octanol–water partition coefficient (Wildman–Crippen LogP) is 4.08. The number of pyridine rings is 1. The maximum absolute atomic E-state index is 4.68. The molecule has 1 saturated heterocycles. The number of fused-ring (bicyclic) bond motifs is 1. The molecule has 3 aromatic rings. The average Bonchev–Trinajstić information content (AvgIpc) is 2.73. The van der Waals surface area contributed by atoms with Gasteiger partial charge in [0.2, 0.25) is 0 Å². The van der Waals surface area contributed by atoms with E-state index >= 15 is 0 Å². The van der Waals surface area contributed by atoms with Crippen LogP contribution in [-0.4, -0.2) is 40.8 Å². The number of hydrogen-bond donors (Lipinski definition) is 1. The molecule has 1 fully saturated rings. The maximum atomic E-state index is 4.68. The first kappa shape index (κ1) is 18.2. The van der Waals surface area contributed by atoms with Gasteiger partial charge in [0.1, 0.15) is 12.1 Å². The van der Waals surface area contributed by atoms with Crippen LogP contribution in [0.1, 0.15) is 18.4 Å². The Kier molecular flexibility index (Phi) is 5.55. The monoisotopic (exact) mass is 379 g/mol. The Bertz CT molecular complexity index is 907. The van der Waals surface area contributed by atoms with E-state index in [0.717, 1.165) is 42.3 Å². The highest BCUT2D eigenvalue weighted by Gasteiger charge is 2.22. The highest BCUT2D eigenvalue weighted by atomic mass is 32.2. The van der Waals surface area contributed by atoms with Crippen LogP contribution in [0.3, 0.4) is 0 Å². The van der Waals surface area contributed by atoms with Crippen molar-refractivity contribution in [3.8, 4) is 11.1 Å². The number of piperidine rings is 1. The lowest BCUT2D eigenvalue weighted by Crippen LogP contribution is -2.37. The molecular formula is C21H25N5S. The van der Waals surface area contributed by atoms with Gasteiger partial charge in [-0.25, -0.2) is 9.97 Å². The lowest BCUT2D eigenvalue weighted by Gasteiger charge is -2.33. The first-order valence-electron chi connectivity index (χ1n) is 9.43. The van der Waals surface area contributed by atoms with Gasteiger partial charge in [-0.3, -0.25) is 9.71 Å². The van der Waals surface area contributed by atoms with Crippen LogP contribution in [0.2, 0.25) is 0 Å². The van der Waals surface area contributed by atoms with E-state index in [9.17, 15) is 0 Å². The largest absolute Gasteiger partial charge is 0.356 e. The van der Waals surface area contributed by atoms with Gasteiger partial charge in [0.25, 0.3) is 0 Å². The van der Waals surface area contributed by atoms with Gasteiger partial charge in [-0.15, -0.1) is 0 Å². The third-order valence-corrected chi connectivity index (χ3v) is 5.81. The molecule has 0 radical (unpaired) electrons. The third kappa shape index (κ3) is 3.92. The fourth-order valence-electron chi connectivity index (χ4n) is 3.85. The molecule has 3 heterocycles. The van der Waals surface area contributed by atoms with Gasteiger partial charge in [0.05, 0.1) is 5.52 Å². The molecule has 0 spiro atoms. The first-order valence-corrected chi connectivity index (χ1v) is 10.7. The summed E-state index contributed by atoms with van der Waals surface area (Å²) in [5.41, 5.74) is 4.59. The van der Waals surface area contributed by atoms with E-state index in [2.05, 4.69) is 49.9 Å². The Morgan fingerprint density at radius 2 is 1.89 bits per heavy atom. The number of nitrogens with one attached hydrogen (secondary N) is 1. The summed E-state index contributed by atoms with van der Waals surface area (Å²) < 4.78 is 3.40. The Morgan fingerprint density at radius 3 is 2.63 bits per heavy atom. The zero-order valence-corrected chi connectivity index (χ0v) is 16.7. The maximum Gasteiger partial charge on any atom is 0.139 e. The van der Waals surface area contributed by atoms with Gasteiger partial charge in [-0.1, -0.05) is 11.9 Å². The molecule has 2 aromatic heterocycles. The van der Waals surface area contributed by atoms with Crippen LogP contribution in [0.25, 0.3) is 22.0 Å². The lowest BCUT2D eigenvalue weighted by molar-refractivity contribution is 0.406. The number of aryl methyl sites for hydroxylation is 1. The van der Waals surface area contributed by atoms with E-state index in [1.165, 1.54) is 29.5 Å². The molecule has 27 heavy (non-hydrogen) atoms. The van der Waals surface area contributed by atoms with Crippen molar-refractivity contribution in [1.29, 1.82) is 0 Å². The molecule has 6 heteroatoms. The summed E-state index contributed by atoms with van der Waals surface area (Å²) in [4.78, 5) is 15.8. The molecule has 4 rings (SSSR count). The lowest BCUT2D eigenvalue weighted by atomic mass is 9.96. The molecule has 0 unspecified atom stereocenters. The second-order valence-electron chi connectivity index (χ2n) is 7.11. The minimum Gasteiger partial charge on any atom is -0.356 e. The van der Waals surface area contributed by atoms with E-state index in [4.69, 9.17) is 0 Å². The van der Waals surface area contributed by atoms with Crippen molar-refractivity contribution in [1.82, 2.24) is 19.7 Å². The molecule has 0 amide bonds. The van der Waals surface area contributed by atoms with Gasteiger partial charge in [0.15, 0.2) is 0 Å². The van der Waals surface area contributed by atoms with Crippen LogP contribution in [0.5, 0.6) is 0 Å². The highest BCUT2D eigenvalue weighted by Crippen LogP contribution is 2.32. The molecule has 0 aliphatic carbocycles. The van der Waals surface area contributed by atoms with Gasteiger partial charge >= 0.3 is 0 Å². The normalized spacial score (nSPS) is 15.4.